The highest BCUT2D eigenvalue weighted by molar-refractivity contribution is 9.10. The summed E-state index contributed by atoms with van der Waals surface area (Å²) in [7, 11) is 0. The topological polar surface area (TPSA) is 41.6 Å². The van der Waals surface area contributed by atoms with Gasteiger partial charge in [0.1, 0.15) is 0 Å². The van der Waals surface area contributed by atoms with Crippen LogP contribution in [0.3, 0.4) is 0 Å². The SMILES string of the molecule is O=C(Nc1ccccc1N1CCOCC1)c1cc(Cl)cc(Br)c1. The molecule has 0 spiro atoms. The van der Waals surface area contributed by atoms with Crippen molar-refractivity contribution < 1.29 is 9.53 Å². The molecule has 1 amide bonds. The summed E-state index contributed by atoms with van der Waals surface area (Å²) >= 11 is 9.38. The van der Waals surface area contributed by atoms with Crippen LogP contribution in [0.25, 0.3) is 0 Å². The zero-order chi connectivity index (χ0) is 16.2. The van der Waals surface area contributed by atoms with Crippen LogP contribution in [-0.4, -0.2) is 32.2 Å². The standard InChI is InChI=1S/C17H16BrClN2O2/c18-13-9-12(10-14(19)11-13)17(22)20-15-3-1-2-4-16(15)21-5-7-23-8-6-21/h1-4,9-11H,5-8H2,(H,20,22). The van der Waals surface area contributed by atoms with E-state index in [-0.39, 0.29) is 5.91 Å². The molecule has 1 aliphatic heterocycles. The maximum Gasteiger partial charge on any atom is 0.255 e. The van der Waals surface area contributed by atoms with Crippen molar-refractivity contribution in [1.82, 2.24) is 0 Å². The molecule has 0 unspecified atom stereocenters. The smallest absolute Gasteiger partial charge is 0.255 e. The van der Waals surface area contributed by atoms with E-state index in [2.05, 4.69) is 26.1 Å². The van der Waals surface area contributed by atoms with Crippen molar-refractivity contribution >= 4 is 44.8 Å². The molecular formula is C17H16BrClN2O2. The van der Waals surface area contributed by atoms with Gasteiger partial charge in [-0.05, 0) is 30.3 Å². The van der Waals surface area contributed by atoms with E-state index in [0.717, 1.165) is 28.9 Å². The van der Waals surface area contributed by atoms with E-state index in [0.29, 0.717) is 23.8 Å². The van der Waals surface area contributed by atoms with Crippen molar-refractivity contribution in [2.24, 2.45) is 0 Å². The molecule has 1 N–H and O–H groups in total. The Kier molecular flexibility index (Phi) is 5.20. The second kappa shape index (κ2) is 7.34. The molecule has 0 radical (unpaired) electrons. The largest absolute Gasteiger partial charge is 0.378 e. The number of halogens is 2. The lowest BCUT2D eigenvalue weighted by atomic mass is 10.2. The van der Waals surface area contributed by atoms with E-state index in [1.54, 1.807) is 18.2 Å². The fourth-order valence-electron chi connectivity index (χ4n) is 2.54. The molecule has 0 aliphatic carbocycles. The summed E-state index contributed by atoms with van der Waals surface area (Å²) < 4.78 is 6.16. The molecule has 0 atom stereocenters. The van der Waals surface area contributed by atoms with Gasteiger partial charge in [-0.3, -0.25) is 4.79 Å². The van der Waals surface area contributed by atoms with E-state index in [9.17, 15) is 4.79 Å². The molecule has 1 aliphatic rings. The van der Waals surface area contributed by atoms with E-state index in [4.69, 9.17) is 16.3 Å². The molecule has 1 saturated heterocycles. The number of carbonyl (C=O) groups excluding carboxylic acids is 1. The fourth-order valence-corrected chi connectivity index (χ4v) is 3.40. The second-order valence-electron chi connectivity index (χ2n) is 5.23. The van der Waals surface area contributed by atoms with Gasteiger partial charge in [-0.25, -0.2) is 0 Å². The number of ether oxygens (including phenoxy) is 1. The van der Waals surface area contributed by atoms with Crippen molar-refractivity contribution in [3.05, 3.63) is 57.5 Å². The molecule has 1 heterocycles. The Morgan fingerprint density at radius 1 is 1.17 bits per heavy atom. The summed E-state index contributed by atoms with van der Waals surface area (Å²) in [5, 5.41) is 3.50. The van der Waals surface area contributed by atoms with Gasteiger partial charge < -0.3 is 15.0 Å². The van der Waals surface area contributed by atoms with Crippen molar-refractivity contribution in [1.29, 1.82) is 0 Å². The number of nitrogens with zero attached hydrogens (tertiary/aromatic N) is 1. The zero-order valence-corrected chi connectivity index (χ0v) is 14.7. The number of anilines is 2. The molecule has 4 nitrogen and oxygen atoms in total. The van der Waals surface area contributed by atoms with Crippen molar-refractivity contribution in [2.45, 2.75) is 0 Å². The summed E-state index contributed by atoms with van der Waals surface area (Å²) in [5.74, 6) is -0.186. The molecule has 0 bridgehead atoms. The third kappa shape index (κ3) is 4.05. The molecule has 120 valence electrons. The van der Waals surface area contributed by atoms with Crippen LogP contribution in [0.5, 0.6) is 0 Å². The Bertz CT molecular complexity index is 697. The van der Waals surface area contributed by atoms with Crippen LogP contribution in [0.2, 0.25) is 5.02 Å². The number of nitrogens with one attached hydrogen (secondary N) is 1. The first-order valence-corrected chi connectivity index (χ1v) is 8.50. The Labute approximate surface area is 148 Å². The van der Waals surface area contributed by atoms with Crippen LogP contribution in [0.15, 0.2) is 46.9 Å². The monoisotopic (exact) mass is 394 g/mol. The average molecular weight is 396 g/mol. The first-order valence-electron chi connectivity index (χ1n) is 7.32. The number of hydrogen-bond acceptors (Lipinski definition) is 3. The third-order valence-corrected chi connectivity index (χ3v) is 4.30. The number of para-hydroxylation sites is 2. The van der Waals surface area contributed by atoms with Gasteiger partial charge >= 0.3 is 0 Å². The molecule has 2 aromatic rings. The van der Waals surface area contributed by atoms with Gasteiger partial charge in [0.05, 0.1) is 24.6 Å². The lowest BCUT2D eigenvalue weighted by Crippen LogP contribution is -2.36. The molecule has 23 heavy (non-hydrogen) atoms. The number of hydrogen-bond donors (Lipinski definition) is 1. The Morgan fingerprint density at radius 3 is 2.65 bits per heavy atom. The van der Waals surface area contributed by atoms with E-state index < -0.39 is 0 Å². The van der Waals surface area contributed by atoms with Crippen LogP contribution in [0, 0.1) is 0 Å². The van der Waals surface area contributed by atoms with Gasteiger partial charge in [-0.1, -0.05) is 39.7 Å². The minimum Gasteiger partial charge on any atom is -0.378 e. The van der Waals surface area contributed by atoms with Crippen molar-refractivity contribution in [3.8, 4) is 0 Å². The van der Waals surface area contributed by atoms with Gasteiger partial charge in [0.2, 0.25) is 0 Å². The summed E-state index contributed by atoms with van der Waals surface area (Å²) in [6, 6.07) is 12.9. The summed E-state index contributed by atoms with van der Waals surface area (Å²) in [6.07, 6.45) is 0. The van der Waals surface area contributed by atoms with Gasteiger partial charge in [-0.15, -0.1) is 0 Å². The van der Waals surface area contributed by atoms with Gasteiger partial charge in [0.15, 0.2) is 0 Å². The van der Waals surface area contributed by atoms with Gasteiger partial charge in [0.25, 0.3) is 5.91 Å². The summed E-state index contributed by atoms with van der Waals surface area (Å²) in [5.41, 5.74) is 2.31. The Balaban J connectivity index is 1.83. The highest BCUT2D eigenvalue weighted by Crippen LogP contribution is 2.27. The fraction of sp³-hybridized carbons (Fsp3) is 0.235. The molecule has 1 fully saturated rings. The van der Waals surface area contributed by atoms with Gasteiger partial charge in [-0.2, -0.15) is 0 Å². The second-order valence-corrected chi connectivity index (χ2v) is 6.58. The quantitative estimate of drug-likeness (QED) is 0.847. The third-order valence-electron chi connectivity index (χ3n) is 3.63. The minimum atomic E-state index is -0.186. The maximum absolute atomic E-state index is 12.5. The summed E-state index contributed by atoms with van der Waals surface area (Å²) in [6.45, 7) is 3.03. The van der Waals surface area contributed by atoms with Crippen LogP contribution < -0.4 is 10.2 Å². The highest BCUT2D eigenvalue weighted by Gasteiger charge is 2.16. The molecule has 0 aromatic heterocycles. The molecule has 2 aromatic carbocycles. The Hall–Kier alpha value is -1.56. The number of benzene rings is 2. The predicted molar refractivity (Wildman–Crippen MR) is 96.6 cm³/mol. The van der Waals surface area contributed by atoms with Crippen molar-refractivity contribution in [2.75, 3.05) is 36.5 Å². The minimum absolute atomic E-state index is 0.186. The number of carbonyl (C=O) groups is 1. The molecule has 0 saturated carbocycles. The molecule has 3 rings (SSSR count). The first kappa shape index (κ1) is 16.3. The number of rotatable bonds is 3. The van der Waals surface area contributed by atoms with Crippen LogP contribution in [-0.2, 0) is 4.74 Å². The van der Waals surface area contributed by atoms with Crippen LogP contribution in [0.4, 0.5) is 11.4 Å². The average Bonchev–Trinajstić information content (AvgIpc) is 2.55. The number of amides is 1. The van der Waals surface area contributed by atoms with Crippen LogP contribution >= 0.6 is 27.5 Å². The summed E-state index contributed by atoms with van der Waals surface area (Å²) in [4.78, 5) is 14.7. The van der Waals surface area contributed by atoms with Gasteiger partial charge in [0, 0.05) is 28.1 Å². The zero-order valence-electron chi connectivity index (χ0n) is 12.4. The Morgan fingerprint density at radius 2 is 1.91 bits per heavy atom. The van der Waals surface area contributed by atoms with Crippen LogP contribution in [0.1, 0.15) is 10.4 Å². The first-order chi connectivity index (χ1) is 11.1. The van der Waals surface area contributed by atoms with Crippen molar-refractivity contribution in [3.63, 3.8) is 0 Å². The lowest BCUT2D eigenvalue weighted by molar-refractivity contribution is 0.102. The van der Waals surface area contributed by atoms with E-state index in [1.165, 1.54) is 0 Å². The number of morpholine rings is 1. The molecule has 6 heteroatoms. The highest BCUT2D eigenvalue weighted by atomic mass is 79.9. The lowest BCUT2D eigenvalue weighted by Gasteiger charge is -2.30. The molecular weight excluding hydrogens is 380 g/mol. The maximum atomic E-state index is 12.5. The predicted octanol–water partition coefficient (Wildman–Crippen LogP) is 4.19. The normalized spacial score (nSPS) is 14.6. The van der Waals surface area contributed by atoms with E-state index >= 15 is 0 Å². The van der Waals surface area contributed by atoms with E-state index in [1.807, 2.05) is 24.3 Å².